The van der Waals surface area contributed by atoms with E-state index >= 15 is 0 Å². The zero-order valence-electron chi connectivity index (χ0n) is 21.7. The van der Waals surface area contributed by atoms with Crippen LogP contribution in [-0.2, 0) is 4.79 Å². The molecule has 2 N–H and O–H groups in total. The summed E-state index contributed by atoms with van der Waals surface area (Å²) in [5.74, 6) is -0.0990. The van der Waals surface area contributed by atoms with Gasteiger partial charge in [0.2, 0.25) is 5.91 Å². The summed E-state index contributed by atoms with van der Waals surface area (Å²) in [4.78, 5) is 18.4. The highest BCUT2D eigenvalue weighted by Gasteiger charge is 2.42. The van der Waals surface area contributed by atoms with E-state index in [-0.39, 0.29) is 18.0 Å². The molecule has 1 saturated heterocycles. The van der Waals surface area contributed by atoms with E-state index in [1.807, 2.05) is 48.7 Å². The fraction of sp³-hybridized carbons (Fsp3) is 0.233. The molecule has 2 atom stereocenters. The van der Waals surface area contributed by atoms with Crippen LogP contribution < -0.4 is 15.5 Å². The van der Waals surface area contributed by atoms with E-state index in [1.54, 1.807) is 0 Å². The van der Waals surface area contributed by atoms with Crippen molar-refractivity contribution < 1.29 is 4.79 Å². The maximum atomic E-state index is 11.5. The highest BCUT2D eigenvalue weighted by atomic mass is 32.1. The summed E-state index contributed by atoms with van der Waals surface area (Å²) in [7, 11) is 0. The number of amides is 1. The van der Waals surface area contributed by atoms with Gasteiger partial charge in [0.15, 0.2) is 5.11 Å². The van der Waals surface area contributed by atoms with Crippen molar-refractivity contribution >= 4 is 34.6 Å². The summed E-state index contributed by atoms with van der Waals surface area (Å²) in [6.07, 6.45) is 1.82. The lowest BCUT2D eigenvalue weighted by molar-refractivity contribution is -0.114. The van der Waals surface area contributed by atoms with Crippen LogP contribution in [-0.4, -0.2) is 20.6 Å². The van der Waals surface area contributed by atoms with Crippen LogP contribution in [0, 0.1) is 27.7 Å². The Hall–Kier alpha value is -3.97. The Balaban J connectivity index is 1.65. The van der Waals surface area contributed by atoms with Gasteiger partial charge in [0.25, 0.3) is 0 Å². The van der Waals surface area contributed by atoms with Crippen molar-refractivity contribution in [1.29, 1.82) is 0 Å². The number of carbonyl (C=O) groups excluding carboxylic acids is 1. The van der Waals surface area contributed by atoms with Crippen LogP contribution >= 0.6 is 12.2 Å². The molecule has 1 aliphatic heterocycles. The molecule has 0 bridgehead atoms. The number of nitrogens with one attached hydrogen (secondary N) is 2. The van der Waals surface area contributed by atoms with Crippen LogP contribution in [0.5, 0.6) is 0 Å². The van der Waals surface area contributed by atoms with Gasteiger partial charge in [-0.25, -0.2) is 0 Å². The Labute approximate surface area is 223 Å². The molecule has 0 unspecified atom stereocenters. The van der Waals surface area contributed by atoms with Crippen molar-refractivity contribution in [2.24, 2.45) is 0 Å². The molecule has 0 saturated carbocycles. The third kappa shape index (κ3) is 4.51. The van der Waals surface area contributed by atoms with E-state index in [9.17, 15) is 4.79 Å². The average molecular weight is 510 g/mol. The number of nitrogens with zero attached hydrogens (tertiary/aromatic N) is 3. The van der Waals surface area contributed by atoms with Gasteiger partial charge < -0.3 is 20.1 Å². The molecule has 2 aromatic heterocycles. The molecule has 1 amide bonds. The van der Waals surface area contributed by atoms with Crippen LogP contribution in [0.15, 0.2) is 72.9 Å². The number of hydrogen-bond acceptors (Lipinski definition) is 3. The molecule has 7 heteroatoms. The normalized spacial score (nSPS) is 17.1. The van der Waals surface area contributed by atoms with Gasteiger partial charge in [-0.1, -0.05) is 18.2 Å². The summed E-state index contributed by atoms with van der Waals surface area (Å²) in [6, 6.07) is 22.3. The largest absolute Gasteiger partial charge is 0.351 e. The van der Waals surface area contributed by atoms with Crippen molar-refractivity contribution in [3.8, 4) is 5.69 Å². The maximum Gasteiger partial charge on any atom is 0.221 e. The van der Waals surface area contributed by atoms with E-state index < -0.39 is 0 Å². The fourth-order valence-corrected chi connectivity index (χ4v) is 5.64. The minimum Gasteiger partial charge on any atom is -0.351 e. The number of carbonyl (C=O) groups is 1. The number of benzene rings is 2. The van der Waals surface area contributed by atoms with Crippen LogP contribution in [0.4, 0.5) is 11.4 Å². The lowest BCUT2D eigenvalue weighted by Crippen LogP contribution is -2.29. The standard InChI is InChI=1S/C30H31N5OS/c1-18-9-8-11-27(20(18)3)34-19(2)17-25(21(34)4)29-28(26-10-6-7-16-31-26)33-30(37)35(29)24-14-12-23(13-15-24)32-22(5)36/h6-17,28-29H,1-5H3,(H,32,36)(H,33,37)/t28-,29+/m0/s1. The number of thiocarbonyl (C=S) groups is 1. The van der Waals surface area contributed by atoms with E-state index in [0.29, 0.717) is 5.11 Å². The third-order valence-corrected chi connectivity index (χ3v) is 7.48. The van der Waals surface area contributed by atoms with Gasteiger partial charge in [0.1, 0.15) is 0 Å². The molecule has 6 nitrogen and oxygen atoms in total. The van der Waals surface area contributed by atoms with Crippen molar-refractivity contribution in [1.82, 2.24) is 14.9 Å². The van der Waals surface area contributed by atoms with Gasteiger partial charge in [-0.2, -0.15) is 0 Å². The average Bonchev–Trinajstić information content (AvgIpc) is 3.37. The van der Waals surface area contributed by atoms with Gasteiger partial charge in [-0.15, -0.1) is 0 Å². The van der Waals surface area contributed by atoms with Crippen LogP contribution in [0.2, 0.25) is 0 Å². The topological polar surface area (TPSA) is 62.2 Å². The molecule has 5 rings (SSSR count). The van der Waals surface area contributed by atoms with E-state index in [0.717, 1.165) is 17.1 Å². The Morgan fingerprint density at radius 1 is 1.00 bits per heavy atom. The first-order valence-corrected chi connectivity index (χ1v) is 12.8. The van der Waals surface area contributed by atoms with Gasteiger partial charge in [0.05, 0.1) is 17.8 Å². The summed E-state index contributed by atoms with van der Waals surface area (Å²) in [5, 5.41) is 7.03. The van der Waals surface area contributed by atoms with E-state index in [1.165, 1.54) is 40.7 Å². The predicted octanol–water partition coefficient (Wildman–Crippen LogP) is 6.24. The van der Waals surface area contributed by atoms with Gasteiger partial charge in [-0.3, -0.25) is 9.78 Å². The van der Waals surface area contributed by atoms with Gasteiger partial charge in [-0.05, 0) is 105 Å². The second-order valence-electron chi connectivity index (χ2n) is 9.61. The minimum atomic E-state index is -0.128. The molecule has 188 valence electrons. The molecule has 0 radical (unpaired) electrons. The highest BCUT2D eigenvalue weighted by molar-refractivity contribution is 7.80. The van der Waals surface area contributed by atoms with Crippen LogP contribution in [0.25, 0.3) is 5.69 Å². The number of aromatic nitrogens is 2. The Bertz CT molecular complexity index is 1480. The van der Waals surface area contributed by atoms with Crippen LogP contribution in [0.3, 0.4) is 0 Å². The third-order valence-electron chi connectivity index (χ3n) is 7.17. The minimum absolute atomic E-state index is 0.0990. The fourth-order valence-electron chi connectivity index (χ4n) is 5.29. The number of hydrogen-bond donors (Lipinski definition) is 2. The first-order valence-electron chi connectivity index (χ1n) is 12.4. The Morgan fingerprint density at radius 3 is 2.43 bits per heavy atom. The zero-order chi connectivity index (χ0) is 26.3. The molecule has 2 aromatic carbocycles. The van der Waals surface area contributed by atoms with Crippen molar-refractivity contribution in [3.63, 3.8) is 0 Å². The zero-order valence-corrected chi connectivity index (χ0v) is 22.6. The second kappa shape index (κ2) is 9.82. The van der Waals surface area contributed by atoms with Crippen molar-refractivity contribution in [2.75, 3.05) is 10.2 Å². The first kappa shape index (κ1) is 24.7. The Morgan fingerprint density at radius 2 is 1.76 bits per heavy atom. The van der Waals surface area contributed by atoms with E-state index in [2.05, 4.69) is 77.0 Å². The smallest absolute Gasteiger partial charge is 0.221 e. The SMILES string of the molecule is CC(=O)Nc1ccc(N2C(=S)N[C@@H](c3ccccn3)[C@H]2c2cc(C)n(-c3cccc(C)c3C)c2C)cc1. The number of anilines is 2. The Kier molecular flexibility index (Phi) is 6.56. The molecule has 0 aliphatic carbocycles. The van der Waals surface area contributed by atoms with Gasteiger partial charge >= 0.3 is 0 Å². The summed E-state index contributed by atoms with van der Waals surface area (Å²) >= 11 is 5.90. The lowest BCUT2D eigenvalue weighted by Gasteiger charge is -2.28. The molecular weight excluding hydrogens is 478 g/mol. The quantitative estimate of drug-likeness (QED) is 0.312. The maximum absolute atomic E-state index is 11.5. The molecule has 37 heavy (non-hydrogen) atoms. The molecule has 0 spiro atoms. The highest BCUT2D eigenvalue weighted by Crippen LogP contribution is 2.44. The van der Waals surface area contributed by atoms with E-state index in [4.69, 9.17) is 12.2 Å². The van der Waals surface area contributed by atoms with Crippen molar-refractivity contribution in [2.45, 2.75) is 46.7 Å². The summed E-state index contributed by atoms with van der Waals surface area (Å²) in [6.45, 7) is 10.2. The second-order valence-corrected chi connectivity index (χ2v) is 9.99. The number of rotatable bonds is 5. The molecular formula is C30H31N5OS. The van der Waals surface area contributed by atoms with Crippen LogP contribution in [0.1, 0.15) is 52.8 Å². The predicted molar refractivity (Wildman–Crippen MR) is 153 cm³/mol. The summed E-state index contributed by atoms with van der Waals surface area (Å²) < 4.78 is 2.34. The number of pyridine rings is 1. The lowest BCUT2D eigenvalue weighted by atomic mass is 9.96. The summed E-state index contributed by atoms with van der Waals surface area (Å²) in [5.41, 5.74) is 9.88. The first-order chi connectivity index (χ1) is 17.8. The van der Waals surface area contributed by atoms with Gasteiger partial charge in [0, 0.05) is 41.6 Å². The molecule has 3 heterocycles. The monoisotopic (exact) mass is 509 g/mol. The molecule has 4 aromatic rings. The number of aryl methyl sites for hydroxylation is 2. The molecule has 1 fully saturated rings. The van der Waals surface area contributed by atoms with Crippen molar-refractivity contribution in [3.05, 3.63) is 107 Å². The molecule has 1 aliphatic rings.